The fraction of sp³-hybridized carbons (Fsp3) is 0.130. The van der Waals surface area contributed by atoms with E-state index in [2.05, 4.69) is 10.0 Å². The van der Waals surface area contributed by atoms with Crippen molar-refractivity contribution in [1.29, 1.82) is 0 Å². The molecule has 0 spiro atoms. The second-order valence-corrected chi connectivity index (χ2v) is 9.49. The van der Waals surface area contributed by atoms with Gasteiger partial charge in [-0.05, 0) is 42.3 Å². The van der Waals surface area contributed by atoms with Crippen LogP contribution in [0.5, 0.6) is 0 Å². The summed E-state index contributed by atoms with van der Waals surface area (Å²) in [6.45, 7) is 0. The number of ether oxygens (including phenoxy) is 1. The maximum absolute atomic E-state index is 13.2. The molecule has 33 heavy (non-hydrogen) atoms. The van der Waals surface area contributed by atoms with Gasteiger partial charge in [0.2, 0.25) is 15.9 Å². The number of hydrogen-bond acceptors (Lipinski definition) is 5. The maximum atomic E-state index is 13.2. The first kappa shape index (κ1) is 24.7. The second-order valence-electron chi connectivity index (χ2n) is 6.96. The first-order valence-electron chi connectivity index (χ1n) is 9.71. The van der Waals surface area contributed by atoms with E-state index in [9.17, 15) is 18.0 Å². The van der Waals surface area contributed by atoms with Gasteiger partial charge in [-0.3, -0.25) is 4.79 Å². The number of anilines is 1. The Labute approximate surface area is 201 Å². The standard InChI is InChI=1S/C23H20Cl2N2O5S/c1-32-23(29)17-9-5-6-10-19(17)26-22(28)20(13-15-7-3-2-4-8-15)27-33(30,31)21-14-16(24)11-12-18(21)25/h2-12,14,20,27H,13H2,1H3,(H,26,28)/t20-/m1/s1. The molecule has 3 aromatic carbocycles. The van der Waals surface area contributed by atoms with Gasteiger partial charge in [-0.1, -0.05) is 65.7 Å². The molecule has 10 heteroatoms. The highest BCUT2D eigenvalue weighted by molar-refractivity contribution is 7.89. The van der Waals surface area contributed by atoms with Crippen molar-refractivity contribution in [3.8, 4) is 0 Å². The van der Waals surface area contributed by atoms with E-state index in [1.54, 1.807) is 42.5 Å². The molecule has 172 valence electrons. The molecule has 0 bridgehead atoms. The summed E-state index contributed by atoms with van der Waals surface area (Å²) in [4.78, 5) is 25.0. The number of esters is 1. The molecule has 7 nitrogen and oxygen atoms in total. The molecule has 3 aromatic rings. The molecule has 0 unspecified atom stereocenters. The smallest absolute Gasteiger partial charge is 0.339 e. The van der Waals surface area contributed by atoms with Crippen molar-refractivity contribution in [2.75, 3.05) is 12.4 Å². The zero-order valence-corrected chi connectivity index (χ0v) is 19.7. The van der Waals surface area contributed by atoms with E-state index >= 15 is 0 Å². The number of carbonyl (C=O) groups is 2. The minimum absolute atomic E-state index is 0.0400. The van der Waals surface area contributed by atoms with Gasteiger partial charge in [-0.25, -0.2) is 13.2 Å². The second kappa shape index (κ2) is 10.8. The summed E-state index contributed by atoms with van der Waals surface area (Å²) in [6.07, 6.45) is 0.0461. The highest BCUT2D eigenvalue weighted by Gasteiger charge is 2.28. The van der Waals surface area contributed by atoms with Crippen molar-refractivity contribution in [3.05, 3.63) is 94.0 Å². The summed E-state index contributed by atoms with van der Waals surface area (Å²) in [5.74, 6) is -1.31. The van der Waals surface area contributed by atoms with Crippen LogP contribution in [0.25, 0.3) is 0 Å². The predicted octanol–water partition coefficient (Wildman–Crippen LogP) is 4.31. The van der Waals surface area contributed by atoms with E-state index in [1.165, 1.54) is 37.4 Å². The van der Waals surface area contributed by atoms with Gasteiger partial charge in [0.05, 0.1) is 23.4 Å². The first-order chi connectivity index (χ1) is 15.7. The van der Waals surface area contributed by atoms with Crippen LogP contribution in [0.15, 0.2) is 77.7 Å². The SMILES string of the molecule is COC(=O)c1ccccc1NC(=O)[C@@H](Cc1ccccc1)NS(=O)(=O)c1cc(Cl)ccc1Cl. The van der Waals surface area contributed by atoms with E-state index in [0.717, 1.165) is 5.56 Å². The van der Waals surface area contributed by atoms with Crippen molar-refractivity contribution in [2.45, 2.75) is 17.4 Å². The van der Waals surface area contributed by atoms with Crippen molar-refractivity contribution in [2.24, 2.45) is 0 Å². The van der Waals surface area contributed by atoms with Crippen molar-refractivity contribution in [3.63, 3.8) is 0 Å². The lowest BCUT2D eigenvalue weighted by atomic mass is 10.1. The molecule has 0 aliphatic heterocycles. The molecule has 0 saturated carbocycles. The zero-order chi connectivity index (χ0) is 24.0. The number of sulfonamides is 1. The number of benzene rings is 3. The summed E-state index contributed by atoms with van der Waals surface area (Å²) in [7, 11) is -3.00. The molecule has 0 aromatic heterocycles. The van der Waals surface area contributed by atoms with Crippen LogP contribution in [0.4, 0.5) is 5.69 Å². The van der Waals surface area contributed by atoms with Crippen molar-refractivity contribution >= 4 is 50.8 Å². The third-order valence-electron chi connectivity index (χ3n) is 4.67. The van der Waals surface area contributed by atoms with E-state index in [0.29, 0.717) is 0 Å². The van der Waals surface area contributed by atoms with E-state index < -0.39 is 27.9 Å². The fourth-order valence-corrected chi connectivity index (χ4v) is 5.03. The first-order valence-corrected chi connectivity index (χ1v) is 11.9. The van der Waals surface area contributed by atoms with Gasteiger partial charge in [0.1, 0.15) is 10.9 Å². The predicted molar refractivity (Wildman–Crippen MR) is 127 cm³/mol. The number of para-hydroxylation sites is 1. The van der Waals surface area contributed by atoms with Crippen LogP contribution in [0.1, 0.15) is 15.9 Å². The number of halogens is 2. The van der Waals surface area contributed by atoms with Crippen LogP contribution >= 0.6 is 23.2 Å². The lowest BCUT2D eigenvalue weighted by molar-refractivity contribution is -0.117. The van der Waals surface area contributed by atoms with Crippen LogP contribution in [0.3, 0.4) is 0 Å². The van der Waals surface area contributed by atoms with Gasteiger partial charge < -0.3 is 10.1 Å². The monoisotopic (exact) mass is 506 g/mol. The summed E-state index contributed by atoms with van der Waals surface area (Å²) >= 11 is 12.0. The Morgan fingerprint density at radius 2 is 1.64 bits per heavy atom. The molecule has 1 amide bonds. The average Bonchev–Trinajstić information content (AvgIpc) is 2.80. The molecule has 0 heterocycles. The van der Waals surface area contributed by atoms with Crippen LogP contribution < -0.4 is 10.0 Å². The quantitative estimate of drug-likeness (QED) is 0.443. The molecule has 1 atom stereocenters. The Kier molecular flexibility index (Phi) is 8.10. The van der Waals surface area contributed by atoms with Crippen LogP contribution in [0, 0.1) is 0 Å². The number of methoxy groups -OCH3 is 1. The topological polar surface area (TPSA) is 102 Å². The van der Waals surface area contributed by atoms with E-state index in [1.807, 2.05) is 0 Å². The van der Waals surface area contributed by atoms with Crippen molar-refractivity contribution < 1.29 is 22.7 Å². The number of amides is 1. The summed E-state index contributed by atoms with van der Waals surface area (Å²) in [6, 6.07) is 18.0. The molecular formula is C23H20Cl2N2O5S. The van der Waals surface area contributed by atoms with Crippen LogP contribution in [-0.2, 0) is 26.0 Å². The number of nitrogens with one attached hydrogen (secondary N) is 2. The van der Waals surface area contributed by atoms with Gasteiger partial charge in [-0.15, -0.1) is 0 Å². The normalized spacial score (nSPS) is 12.1. The Balaban J connectivity index is 1.94. The Hall–Kier alpha value is -2.91. The van der Waals surface area contributed by atoms with Gasteiger partial charge >= 0.3 is 5.97 Å². The fourth-order valence-electron chi connectivity index (χ4n) is 3.07. The zero-order valence-electron chi connectivity index (χ0n) is 17.4. The van der Waals surface area contributed by atoms with Gasteiger partial charge in [-0.2, -0.15) is 4.72 Å². The molecule has 0 aliphatic rings. The molecule has 0 fully saturated rings. The largest absolute Gasteiger partial charge is 0.465 e. The molecule has 2 N–H and O–H groups in total. The number of hydrogen-bond donors (Lipinski definition) is 2. The highest BCUT2D eigenvalue weighted by atomic mass is 35.5. The molecule has 3 rings (SSSR count). The lowest BCUT2D eigenvalue weighted by Crippen LogP contribution is -2.45. The highest BCUT2D eigenvalue weighted by Crippen LogP contribution is 2.25. The van der Waals surface area contributed by atoms with Crippen molar-refractivity contribution in [1.82, 2.24) is 4.72 Å². The average molecular weight is 507 g/mol. The Morgan fingerprint density at radius 1 is 0.970 bits per heavy atom. The van der Waals surface area contributed by atoms with Gasteiger partial charge in [0.25, 0.3) is 0 Å². The third-order valence-corrected chi connectivity index (χ3v) is 6.86. The van der Waals surface area contributed by atoms with Gasteiger partial charge in [0.15, 0.2) is 0 Å². The van der Waals surface area contributed by atoms with E-state index in [-0.39, 0.29) is 32.6 Å². The van der Waals surface area contributed by atoms with Gasteiger partial charge in [0, 0.05) is 5.02 Å². The number of carbonyl (C=O) groups excluding carboxylic acids is 2. The number of rotatable bonds is 8. The summed E-state index contributed by atoms with van der Waals surface area (Å²) in [5, 5.41) is 2.76. The Bertz CT molecular complexity index is 1270. The Morgan fingerprint density at radius 3 is 2.33 bits per heavy atom. The molecule has 0 aliphatic carbocycles. The minimum atomic E-state index is -4.22. The van der Waals surface area contributed by atoms with E-state index in [4.69, 9.17) is 27.9 Å². The van der Waals surface area contributed by atoms with Crippen LogP contribution in [0.2, 0.25) is 10.0 Å². The molecule has 0 saturated heterocycles. The minimum Gasteiger partial charge on any atom is -0.465 e. The summed E-state index contributed by atoms with van der Waals surface area (Å²) in [5.41, 5.74) is 1.04. The summed E-state index contributed by atoms with van der Waals surface area (Å²) < 4.78 is 33.3. The molecular weight excluding hydrogens is 487 g/mol. The molecule has 0 radical (unpaired) electrons. The lowest BCUT2D eigenvalue weighted by Gasteiger charge is -2.20. The van der Waals surface area contributed by atoms with Crippen LogP contribution in [-0.4, -0.2) is 33.4 Å². The third kappa shape index (κ3) is 6.33. The maximum Gasteiger partial charge on any atom is 0.339 e.